The van der Waals surface area contributed by atoms with Crippen molar-refractivity contribution in [3.8, 4) is 5.75 Å². The molecule has 0 aliphatic carbocycles. The molecule has 1 aromatic rings. The van der Waals surface area contributed by atoms with E-state index in [2.05, 4.69) is 9.46 Å². The van der Waals surface area contributed by atoms with Crippen molar-refractivity contribution in [3.05, 3.63) is 24.3 Å². The number of benzene rings is 1. The zero-order valence-electron chi connectivity index (χ0n) is 10.5. The first kappa shape index (κ1) is 16.7. The molecule has 0 saturated heterocycles. The standard InChI is InChI=1S/C11H14F3NO4S/c1-2-8(7-16)15-20(17,18)10-5-3-4-9(6-10)19-11(12,13)14/h3-6,8,15-16H,2,7H2,1H3/t8-/m1/s1. The molecule has 1 rings (SSSR count). The molecule has 1 atom stereocenters. The van der Waals surface area contributed by atoms with E-state index in [-0.39, 0.29) is 4.90 Å². The van der Waals surface area contributed by atoms with Crippen LogP contribution in [-0.2, 0) is 10.0 Å². The summed E-state index contributed by atoms with van der Waals surface area (Å²) in [7, 11) is -4.02. The monoisotopic (exact) mass is 313 g/mol. The van der Waals surface area contributed by atoms with Gasteiger partial charge in [0.2, 0.25) is 10.0 Å². The molecule has 0 aliphatic heterocycles. The van der Waals surface area contributed by atoms with Gasteiger partial charge in [-0.25, -0.2) is 13.1 Å². The van der Waals surface area contributed by atoms with Gasteiger partial charge in [0.25, 0.3) is 0 Å². The van der Waals surface area contributed by atoms with Gasteiger partial charge in [0.05, 0.1) is 11.5 Å². The summed E-state index contributed by atoms with van der Waals surface area (Å²) in [5.74, 6) is -0.627. The Kier molecular flexibility index (Phi) is 5.37. The lowest BCUT2D eigenvalue weighted by Gasteiger charge is -2.15. The van der Waals surface area contributed by atoms with Gasteiger partial charge in [-0.3, -0.25) is 0 Å². The van der Waals surface area contributed by atoms with Gasteiger partial charge in [-0.2, -0.15) is 0 Å². The van der Waals surface area contributed by atoms with E-state index < -0.39 is 34.8 Å². The third-order valence-electron chi connectivity index (χ3n) is 2.38. The second kappa shape index (κ2) is 6.42. The molecular formula is C11H14F3NO4S. The van der Waals surface area contributed by atoms with Crippen molar-refractivity contribution >= 4 is 10.0 Å². The highest BCUT2D eigenvalue weighted by Crippen LogP contribution is 2.24. The topological polar surface area (TPSA) is 75.6 Å². The first-order chi connectivity index (χ1) is 9.18. The van der Waals surface area contributed by atoms with Crippen LogP contribution in [0.25, 0.3) is 0 Å². The van der Waals surface area contributed by atoms with Crippen LogP contribution in [0.2, 0.25) is 0 Å². The molecule has 0 spiro atoms. The van der Waals surface area contributed by atoms with Crippen LogP contribution in [-0.4, -0.2) is 32.5 Å². The number of hydrogen-bond donors (Lipinski definition) is 2. The SMILES string of the molecule is CC[C@H](CO)NS(=O)(=O)c1cccc(OC(F)(F)F)c1. The van der Waals surface area contributed by atoms with Crippen molar-refractivity contribution in [1.82, 2.24) is 4.72 Å². The van der Waals surface area contributed by atoms with E-state index in [1.807, 2.05) is 0 Å². The molecule has 0 fully saturated rings. The molecule has 0 aliphatic rings. The van der Waals surface area contributed by atoms with Gasteiger partial charge in [0.15, 0.2) is 0 Å². The molecule has 20 heavy (non-hydrogen) atoms. The van der Waals surface area contributed by atoms with Gasteiger partial charge in [-0.05, 0) is 18.6 Å². The summed E-state index contributed by atoms with van der Waals surface area (Å²) < 4.78 is 65.9. The quantitative estimate of drug-likeness (QED) is 0.837. The lowest BCUT2D eigenvalue weighted by Crippen LogP contribution is -2.36. The van der Waals surface area contributed by atoms with Crippen LogP contribution in [0.1, 0.15) is 13.3 Å². The predicted octanol–water partition coefficient (Wildman–Crippen LogP) is 1.63. The highest BCUT2D eigenvalue weighted by atomic mass is 32.2. The van der Waals surface area contributed by atoms with Gasteiger partial charge < -0.3 is 9.84 Å². The number of nitrogens with one attached hydrogen (secondary N) is 1. The van der Waals surface area contributed by atoms with Crippen molar-refractivity contribution in [2.75, 3.05) is 6.61 Å². The molecule has 0 radical (unpaired) electrons. The van der Waals surface area contributed by atoms with Crippen LogP contribution in [0, 0.1) is 0 Å². The minimum absolute atomic E-state index is 0.342. The number of hydrogen-bond acceptors (Lipinski definition) is 4. The van der Waals surface area contributed by atoms with E-state index in [1.54, 1.807) is 6.92 Å². The summed E-state index contributed by atoms with van der Waals surface area (Å²) in [5.41, 5.74) is 0. The fourth-order valence-electron chi connectivity index (χ4n) is 1.38. The zero-order valence-corrected chi connectivity index (χ0v) is 11.3. The molecule has 0 amide bonds. The Bertz CT molecular complexity index is 541. The maximum absolute atomic E-state index is 12.1. The smallest absolute Gasteiger partial charge is 0.406 e. The van der Waals surface area contributed by atoms with Gasteiger partial charge in [0, 0.05) is 12.1 Å². The molecule has 2 N–H and O–H groups in total. The molecule has 0 aromatic heterocycles. The van der Waals surface area contributed by atoms with Crippen molar-refractivity contribution in [2.45, 2.75) is 30.6 Å². The summed E-state index contributed by atoms with van der Waals surface area (Å²) in [6, 6.07) is 3.33. The van der Waals surface area contributed by atoms with E-state index >= 15 is 0 Å². The van der Waals surface area contributed by atoms with Gasteiger partial charge in [0.1, 0.15) is 5.75 Å². The number of ether oxygens (including phenoxy) is 1. The molecule has 9 heteroatoms. The van der Waals surface area contributed by atoms with Gasteiger partial charge in [-0.1, -0.05) is 13.0 Å². The average molecular weight is 313 g/mol. The maximum atomic E-state index is 12.1. The Balaban J connectivity index is 2.98. The van der Waals surface area contributed by atoms with Crippen molar-refractivity contribution in [1.29, 1.82) is 0 Å². The van der Waals surface area contributed by atoms with E-state index in [4.69, 9.17) is 5.11 Å². The first-order valence-electron chi connectivity index (χ1n) is 5.67. The molecule has 0 unspecified atom stereocenters. The molecule has 1 aromatic carbocycles. The largest absolute Gasteiger partial charge is 0.573 e. The summed E-state index contributed by atoms with van der Waals surface area (Å²) in [6.45, 7) is 1.25. The van der Waals surface area contributed by atoms with Crippen LogP contribution in [0.3, 0.4) is 0 Å². The highest BCUT2D eigenvalue weighted by Gasteiger charge is 2.31. The Morgan fingerprint density at radius 2 is 2.05 bits per heavy atom. The zero-order chi connectivity index (χ0) is 15.4. The second-order valence-corrected chi connectivity index (χ2v) is 5.65. The van der Waals surface area contributed by atoms with Crippen molar-refractivity contribution in [2.24, 2.45) is 0 Å². The van der Waals surface area contributed by atoms with Crippen molar-refractivity contribution < 1.29 is 31.4 Å². The maximum Gasteiger partial charge on any atom is 0.573 e. The second-order valence-electron chi connectivity index (χ2n) is 3.93. The average Bonchev–Trinajstić information content (AvgIpc) is 2.34. The fraction of sp³-hybridized carbons (Fsp3) is 0.455. The number of aliphatic hydroxyl groups excluding tert-OH is 1. The number of alkyl halides is 3. The molecule has 0 saturated carbocycles. The van der Waals surface area contributed by atoms with Crippen LogP contribution >= 0.6 is 0 Å². The highest BCUT2D eigenvalue weighted by molar-refractivity contribution is 7.89. The summed E-state index contributed by atoms with van der Waals surface area (Å²) >= 11 is 0. The molecular weight excluding hydrogens is 299 g/mol. The minimum atomic E-state index is -4.90. The molecule has 114 valence electrons. The van der Waals surface area contributed by atoms with Crippen LogP contribution < -0.4 is 9.46 Å². The van der Waals surface area contributed by atoms with E-state index in [1.165, 1.54) is 0 Å². The van der Waals surface area contributed by atoms with Gasteiger partial charge in [-0.15, -0.1) is 13.2 Å². The number of aliphatic hydroxyl groups is 1. The Hall–Kier alpha value is -1.32. The van der Waals surface area contributed by atoms with E-state index in [0.29, 0.717) is 6.42 Å². The Morgan fingerprint density at radius 3 is 2.55 bits per heavy atom. The Labute approximate surface area is 114 Å². The third kappa shape index (κ3) is 4.99. The third-order valence-corrected chi connectivity index (χ3v) is 3.90. The van der Waals surface area contributed by atoms with E-state index in [9.17, 15) is 21.6 Å². The molecule has 5 nitrogen and oxygen atoms in total. The van der Waals surface area contributed by atoms with E-state index in [0.717, 1.165) is 24.3 Å². The van der Waals surface area contributed by atoms with Crippen LogP contribution in [0.4, 0.5) is 13.2 Å². The van der Waals surface area contributed by atoms with Gasteiger partial charge >= 0.3 is 6.36 Å². The Morgan fingerprint density at radius 1 is 1.40 bits per heavy atom. The molecule has 0 bridgehead atoms. The summed E-state index contributed by atoms with van der Waals surface area (Å²) in [4.78, 5) is -0.369. The first-order valence-corrected chi connectivity index (χ1v) is 7.15. The summed E-state index contributed by atoms with van der Waals surface area (Å²) in [5, 5.41) is 8.94. The lowest BCUT2D eigenvalue weighted by molar-refractivity contribution is -0.274. The molecule has 0 heterocycles. The summed E-state index contributed by atoms with van der Waals surface area (Å²) in [6.07, 6.45) is -4.55. The van der Waals surface area contributed by atoms with Crippen LogP contribution in [0.5, 0.6) is 5.75 Å². The predicted molar refractivity (Wildman–Crippen MR) is 64.6 cm³/mol. The van der Waals surface area contributed by atoms with Crippen molar-refractivity contribution in [3.63, 3.8) is 0 Å². The van der Waals surface area contributed by atoms with Crippen LogP contribution in [0.15, 0.2) is 29.2 Å². The number of halogens is 3. The number of rotatable bonds is 6. The number of sulfonamides is 1. The normalized spacial score (nSPS) is 14.1. The fourth-order valence-corrected chi connectivity index (χ4v) is 2.72. The minimum Gasteiger partial charge on any atom is -0.406 e. The lowest BCUT2D eigenvalue weighted by atomic mass is 10.3.